The lowest BCUT2D eigenvalue weighted by Crippen LogP contribution is -2.39. The normalized spacial score (nSPS) is 20.5. The molecule has 1 fully saturated rings. The van der Waals surface area contributed by atoms with Crippen LogP contribution in [0, 0.1) is 11.3 Å². The van der Waals surface area contributed by atoms with E-state index in [9.17, 15) is 9.59 Å². The van der Waals surface area contributed by atoms with Crippen LogP contribution in [-0.2, 0) is 9.59 Å². The fourth-order valence-corrected chi connectivity index (χ4v) is 3.53. The molecule has 1 aliphatic rings. The van der Waals surface area contributed by atoms with Gasteiger partial charge in [-0.1, -0.05) is 39.5 Å². The second-order valence-corrected chi connectivity index (χ2v) is 7.03. The van der Waals surface area contributed by atoms with Crippen LogP contribution >= 0.6 is 0 Å². The van der Waals surface area contributed by atoms with Crippen LogP contribution in [0.5, 0.6) is 0 Å². The molecule has 0 aliphatic heterocycles. The number of aliphatic carboxylic acids is 1. The predicted octanol–water partition coefficient (Wildman–Crippen LogP) is 3.74. The Morgan fingerprint density at radius 2 is 1.76 bits per heavy atom. The minimum Gasteiger partial charge on any atom is -0.481 e. The zero-order valence-corrected chi connectivity index (χ0v) is 13.8. The van der Waals surface area contributed by atoms with Crippen molar-refractivity contribution >= 4 is 11.9 Å². The highest BCUT2D eigenvalue weighted by Gasteiger charge is 2.36. The Bertz CT molecular complexity index is 348. The standard InChI is InChI=1S/C17H31NO3/c1-4-13(2)10-14(3)18-15(19)11-17(12-16(20)21)8-6-5-7-9-17/h13-14H,4-12H2,1-3H3,(H,18,19)(H,20,21). The van der Waals surface area contributed by atoms with Crippen molar-refractivity contribution in [2.45, 2.75) is 84.6 Å². The van der Waals surface area contributed by atoms with Crippen molar-refractivity contribution in [2.75, 3.05) is 0 Å². The van der Waals surface area contributed by atoms with Crippen LogP contribution < -0.4 is 5.32 Å². The van der Waals surface area contributed by atoms with Crippen molar-refractivity contribution in [1.29, 1.82) is 0 Å². The summed E-state index contributed by atoms with van der Waals surface area (Å²) in [6.07, 6.45) is 7.57. The Balaban J connectivity index is 2.54. The van der Waals surface area contributed by atoms with E-state index in [1.54, 1.807) is 0 Å². The molecule has 2 N–H and O–H groups in total. The summed E-state index contributed by atoms with van der Waals surface area (Å²) in [5.41, 5.74) is -0.315. The first kappa shape index (κ1) is 18.0. The quantitative estimate of drug-likeness (QED) is 0.717. The van der Waals surface area contributed by atoms with Gasteiger partial charge in [0.15, 0.2) is 0 Å². The zero-order valence-electron chi connectivity index (χ0n) is 13.8. The SMILES string of the molecule is CCC(C)CC(C)NC(=O)CC1(CC(=O)O)CCCCC1. The van der Waals surface area contributed by atoms with E-state index in [4.69, 9.17) is 5.11 Å². The molecule has 0 aromatic heterocycles. The lowest BCUT2D eigenvalue weighted by atomic mass is 9.69. The number of hydrogen-bond acceptors (Lipinski definition) is 2. The number of rotatable bonds is 8. The summed E-state index contributed by atoms with van der Waals surface area (Å²) >= 11 is 0. The molecule has 122 valence electrons. The molecule has 0 saturated heterocycles. The molecular weight excluding hydrogens is 266 g/mol. The smallest absolute Gasteiger partial charge is 0.303 e. The van der Waals surface area contributed by atoms with Gasteiger partial charge in [-0.2, -0.15) is 0 Å². The van der Waals surface area contributed by atoms with Crippen LogP contribution in [0.4, 0.5) is 0 Å². The molecule has 21 heavy (non-hydrogen) atoms. The Kier molecular flexibility index (Phi) is 7.20. The lowest BCUT2D eigenvalue weighted by molar-refractivity contribution is -0.141. The van der Waals surface area contributed by atoms with E-state index >= 15 is 0 Å². The first-order valence-corrected chi connectivity index (χ1v) is 8.38. The second-order valence-electron chi connectivity index (χ2n) is 7.03. The number of hydrogen-bond donors (Lipinski definition) is 2. The van der Waals surface area contributed by atoms with Crippen LogP contribution in [0.1, 0.15) is 78.6 Å². The van der Waals surface area contributed by atoms with E-state index in [2.05, 4.69) is 19.2 Å². The zero-order chi connectivity index (χ0) is 15.9. The Labute approximate surface area is 128 Å². The number of carboxylic acid groups (broad SMARTS) is 1. The Morgan fingerprint density at radius 3 is 2.29 bits per heavy atom. The predicted molar refractivity (Wildman–Crippen MR) is 84.1 cm³/mol. The third kappa shape index (κ3) is 6.49. The van der Waals surface area contributed by atoms with Crippen LogP contribution in [-0.4, -0.2) is 23.0 Å². The molecule has 0 aromatic rings. The highest BCUT2D eigenvalue weighted by atomic mass is 16.4. The molecule has 0 heterocycles. The van der Waals surface area contributed by atoms with Crippen LogP contribution in [0.25, 0.3) is 0 Å². The van der Waals surface area contributed by atoms with Crippen molar-refractivity contribution < 1.29 is 14.7 Å². The molecule has 0 radical (unpaired) electrons. The first-order valence-electron chi connectivity index (χ1n) is 8.38. The van der Waals surface area contributed by atoms with Gasteiger partial charge in [0.2, 0.25) is 5.91 Å². The van der Waals surface area contributed by atoms with Crippen molar-refractivity contribution in [3.8, 4) is 0 Å². The van der Waals surface area contributed by atoms with Crippen molar-refractivity contribution in [1.82, 2.24) is 5.32 Å². The molecule has 0 spiro atoms. The van der Waals surface area contributed by atoms with E-state index in [1.165, 1.54) is 0 Å². The molecule has 1 aliphatic carbocycles. The van der Waals surface area contributed by atoms with Gasteiger partial charge in [0, 0.05) is 12.5 Å². The average molecular weight is 297 g/mol. The van der Waals surface area contributed by atoms with Gasteiger partial charge in [-0.25, -0.2) is 0 Å². The van der Waals surface area contributed by atoms with E-state index in [0.717, 1.165) is 44.9 Å². The number of carboxylic acids is 1. The topological polar surface area (TPSA) is 66.4 Å². The second kappa shape index (κ2) is 8.40. The molecule has 0 bridgehead atoms. The third-order valence-corrected chi connectivity index (χ3v) is 4.84. The molecule has 1 saturated carbocycles. The van der Waals surface area contributed by atoms with E-state index in [1.807, 2.05) is 6.92 Å². The summed E-state index contributed by atoms with van der Waals surface area (Å²) in [5, 5.41) is 12.2. The van der Waals surface area contributed by atoms with E-state index in [0.29, 0.717) is 12.3 Å². The number of carbonyl (C=O) groups is 2. The van der Waals surface area contributed by atoms with Crippen LogP contribution in [0.2, 0.25) is 0 Å². The fourth-order valence-electron chi connectivity index (χ4n) is 3.53. The summed E-state index contributed by atoms with van der Waals surface area (Å²) in [6.45, 7) is 6.38. The van der Waals surface area contributed by atoms with Gasteiger partial charge >= 0.3 is 5.97 Å². The van der Waals surface area contributed by atoms with Gasteiger partial charge in [0.05, 0.1) is 6.42 Å². The molecule has 4 heteroatoms. The van der Waals surface area contributed by atoms with E-state index < -0.39 is 5.97 Å². The maximum atomic E-state index is 12.3. The first-order chi connectivity index (χ1) is 9.87. The highest BCUT2D eigenvalue weighted by molar-refractivity contribution is 5.78. The maximum absolute atomic E-state index is 12.3. The summed E-state index contributed by atoms with van der Waals surface area (Å²) in [4.78, 5) is 23.4. The summed E-state index contributed by atoms with van der Waals surface area (Å²) in [5.74, 6) is -0.158. The van der Waals surface area contributed by atoms with Crippen molar-refractivity contribution in [3.05, 3.63) is 0 Å². The van der Waals surface area contributed by atoms with Gasteiger partial charge in [-0.15, -0.1) is 0 Å². The highest BCUT2D eigenvalue weighted by Crippen LogP contribution is 2.42. The maximum Gasteiger partial charge on any atom is 0.303 e. The monoisotopic (exact) mass is 297 g/mol. The largest absolute Gasteiger partial charge is 0.481 e. The Hall–Kier alpha value is -1.06. The summed E-state index contributed by atoms with van der Waals surface area (Å²) < 4.78 is 0. The van der Waals surface area contributed by atoms with Gasteiger partial charge < -0.3 is 10.4 Å². The van der Waals surface area contributed by atoms with Crippen molar-refractivity contribution in [2.24, 2.45) is 11.3 Å². The van der Waals surface area contributed by atoms with Gasteiger partial charge in [-0.05, 0) is 37.5 Å². The number of nitrogens with one attached hydrogen (secondary N) is 1. The molecular formula is C17H31NO3. The Morgan fingerprint density at radius 1 is 1.14 bits per heavy atom. The average Bonchev–Trinajstić information content (AvgIpc) is 2.37. The summed E-state index contributed by atoms with van der Waals surface area (Å²) in [7, 11) is 0. The number of amides is 1. The fraction of sp³-hybridized carbons (Fsp3) is 0.882. The van der Waals surface area contributed by atoms with Gasteiger partial charge in [0.1, 0.15) is 0 Å². The minimum atomic E-state index is -0.780. The molecule has 1 amide bonds. The van der Waals surface area contributed by atoms with Gasteiger partial charge in [0.25, 0.3) is 0 Å². The molecule has 2 atom stereocenters. The van der Waals surface area contributed by atoms with E-state index in [-0.39, 0.29) is 23.8 Å². The molecule has 4 nitrogen and oxygen atoms in total. The lowest BCUT2D eigenvalue weighted by Gasteiger charge is -2.36. The van der Waals surface area contributed by atoms with Crippen molar-refractivity contribution in [3.63, 3.8) is 0 Å². The third-order valence-electron chi connectivity index (χ3n) is 4.84. The molecule has 1 rings (SSSR count). The van der Waals surface area contributed by atoms with Gasteiger partial charge in [-0.3, -0.25) is 9.59 Å². The summed E-state index contributed by atoms with van der Waals surface area (Å²) in [6, 6.07) is 0.165. The van der Waals surface area contributed by atoms with Crippen LogP contribution in [0.15, 0.2) is 0 Å². The molecule has 2 unspecified atom stereocenters. The minimum absolute atomic E-state index is 0.0222. The molecule has 0 aromatic carbocycles. The number of carbonyl (C=O) groups excluding carboxylic acids is 1. The van der Waals surface area contributed by atoms with Crippen LogP contribution in [0.3, 0.4) is 0 Å².